The maximum atomic E-state index is 11.9. The molecule has 5 heteroatoms. The van der Waals surface area contributed by atoms with Crippen LogP contribution in [0.2, 0.25) is 0 Å². The number of imide groups is 1. The number of hydrogen-bond acceptors (Lipinski definition) is 3. The fourth-order valence-electron chi connectivity index (χ4n) is 2.35. The number of carbonyl (C=O) groups excluding carboxylic acids is 3. The summed E-state index contributed by atoms with van der Waals surface area (Å²) in [5.74, 6) is -0.354. The van der Waals surface area contributed by atoms with Crippen LogP contribution in [0, 0.1) is 13.8 Å². The van der Waals surface area contributed by atoms with Crippen molar-refractivity contribution < 1.29 is 14.4 Å². The first-order valence-corrected chi connectivity index (χ1v) is 7.17. The first-order valence-electron chi connectivity index (χ1n) is 7.17. The molecule has 0 atom stereocenters. The van der Waals surface area contributed by atoms with Gasteiger partial charge in [-0.25, -0.2) is 0 Å². The van der Waals surface area contributed by atoms with Crippen LogP contribution in [0.1, 0.15) is 36.8 Å². The molecule has 0 bridgehead atoms. The normalized spacial score (nSPS) is 14.7. The fraction of sp³-hybridized carbons (Fsp3) is 0.438. The van der Waals surface area contributed by atoms with Gasteiger partial charge in [0.25, 0.3) is 0 Å². The van der Waals surface area contributed by atoms with E-state index in [2.05, 4.69) is 5.32 Å². The topological polar surface area (TPSA) is 66.5 Å². The number of amides is 3. The van der Waals surface area contributed by atoms with Crippen LogP contribution in [-0.2, 0) is 14.4 Å². The van der Waals surface area contributed by atoms with Crippen LogP contribution in [0.15, 0.2) is 18.2 Å². The summed E-state index contributed by atoms with van der Waals surface area (Å²) in [6.45, 7) is 4.24. The lowest BCUT2D eigenvalue weighted by Crippen LogP contribution is -2.30. The lowest BCUT2D eigenvalue weighted by molar-refractivity contribution is -0.138. The lowest BCUT2D eigenvalue weighted by Gasteiger charge is -2.13. The first kappa shape index (κ1) is 15.2. The van der Waals surface area contributed by atoms with Crippen LogP contribution < -0.4 is 5.32 Å². The first-order chi connectivity index (χ1) is 9.97. The van der Waals surface area contributed by atoms with Crippen molar-refractivity contribution in [2.24, 2.45) is 0 Å². The van der Waals surface area contributed by atoms with E-state index in [-0.39, 0.29) is 17.7 Å². The highest BCUT2D eigenvalue weighted by molar-refractivity contribution is 6.02. The molecule has 1 aliphatic heterocycles. The second kappa shape index (κ2) is 6.52. The molecule has 1 saturated heterocycles. The Morgan fingerprint density at radius 2 is 1.86 bits per heavy atom. The number of aryl methyl sites for hydroxylation is 2. The van der Waals surface area contributed by atoms with Crippen molar-refractivity contribution in [1.29, 1.82) is 0 Å². The minimum absolute atomic E-state index is 0.0946. The van der Waals surface area contributed by atoms with Crippen molar-refractivity contribution in [3.63, 3.8) is 0 Å². The van der Waals surface area contributed by atoms with Gasteiger partial charge in [0.15, 0.2) is 0 Å². The van der Waals surface area contributed by atoms with Crippen molar-refractivity contribution in [2.75, 3.05) is 11.9 Å². The van der Waals surface area contributed by atoms with Gasteiger partial charge in [-0.05, 0) is 37.5 Å². The van der Waals surface area contributed by atoms with Crippen molar-refractivity contribution >= 4 is 23.4 Å². The third-order valence-corrected chi connectivity index (χ3v) is 3.61. The molecule has 0 spiro atoms. The highest BCUT2D eigenvalue weighted by atomic mass is 16.2. The third kappa shape index (κ3) is 3.90. The predicted molar refractivity (Wildman–Crippen MR) is 79.7 cm³/mol. The van der Waals surface area contributed by atoms with E-state index < -0.39 is 0 Å². The van der Waals surface area contributed by atoms with Crippen molar-refractivity contribution in [3.8, 4) is 0 Å². The standard InChI is InChI=1S/C16H20N2O3/c1-11-5-6-12(2)13(10-11)17-14(19)4-3-9-18-15(20)7-8-16(18)21/h5-6,10H,3-4,7-9H2,1-2H3,(H,17,19). The Balaban J connectivity index is 1.81. The van der Waals surface area contributed by atoms with E-state index in [0.29, 0.717) is 32.2 Å². The van der Waals surface area contributed by atoms with Crippen molar-refractivity contribution in [1.82, 2.24) is 4.90 Å². The zero-order chi connectivity index (χ0) is 15.4. The largest absolute Gasteiger partial charge is 0.326 e. The second-order valence-corrected chi connectivity index (χ2v) is 5.41. The maximum absolute atomic E-state index is 11.9. The Morgan fingerprint density at radius 1 is 1.19 bits per heavy atom. The van der Waals surface area contributed by atoms with Gasteiger partial charge in [0.2, 0.25) is 17.7 Å². The zero-order valence-corrected chi connectivity index (χ0v) is 12.4. The van der Waals surface area contributed by atoms with E-state index >= 15 is 0 Å². The van der Waals surface area contributed by atoms with E-state index in [1.807, 2.05) is 32.0 Å². The summed E-state index contributed by atoms with van der Waals surface area (Å²) < 4.78 is 0. The Hall–Kier alpha value is -2.17. The van der Waals surface area contributed by atoms with Crippen LogP contribution in [0.3, 0.4) is 0 Å². The van der Waals surface area contributed by atoms with Gasteiger partial charge in [-0.3, -0.25) is 19.3 Å². The van der Waals surface area contributed by atoms with Gasteiger partial charge in [0, 0.05) is 31.5 Å². The Labute approximate surface area is 124 Å². The van der Waals surface area contributed by atoms with E-state index in [4.69, 9.17) is 0 Å². The maximum Gasteiger partial charge on any atom is 0.229 e. The number of nitrogens with zero attached hydrogens (tertiary/aromatic N) is 1. The van der Waals surface area contributed by atoms with E-state index in [0.717, 1.165) is 16.8 Å². The summed E-state index contributed by atoms with van der Waals surface area (Å²) in [7, 11) is 0. The van der Waals surface area contributed by atoms with Crippen LogP contribution in [0.25, 0.3) is 0 Å². The van der Waals surface area contributed by atoms with Gasteiger partial charge in [-0.1, -0.05) is 12.1 Å². The van der Waals surface area contributed by atoms with Gasteiger partial charge in [-0.2, -0.15) is 0 Å². The summed E-state index contributed by atoms with van der Waals surface area (Å²) in [5, 5.41) is 2.87. The third-order valence-electron chi connectivity index (χ3n) is 3.61. The molecule has 112 valence electrons. The molecule has 21 heavy (non-hydrogen) atoms. The van der Waals surface area contributed by atoms with E-state index in [9.17, 15) is 14.4 Å². The minimum atomic E-state index is -0.130. The molecule has 1 heterocycles. The fourth-order valence-corrected chi connectivity index (χ4v) is 2.35. The average molecular weight is 288 g/mol. The van der Waals surface area contributed by atoms with E-state index in [1.165, 1.54) is 4.90 Å². The smallest absolute Gasteiger partial charge is 0.229 e. The monoisotopic (exact) mass is 288 g/mol. The summed E-state index contributed by atoms with van der Waals surface area (Å²) in [4.78, 5) is 36.0. The summed E-state index contributed by atoms with van der Waals surface area (Å²) >= 11 is 0. The molecule has 1 aliphatic rings. The Bertz CT molecular complexity index is 565. The molecular weight excluding hydrogens is 268 g/mol. The summed E-state index contributed by atoms with van der Waals surface area (Å²) in [6, 6.07) is 5.89. The number of rotatable bonds is 5. The SMILES string of the molecule is Cc1ccc(C)c(NC(=O)CCCN2C(=O)CCC2=O)c1. The molecule has 0 aliphatic carbocycles. The molecule has 0 aromatic heterocycles. The van der Waals surface area contributed by atoms with Gasteiger partial charge < -0.3 is 5.32 Å². The number of likely N-dealkylation sites (tertiary alicyclic amines) is 1. The van der Waals surface area contributed by atoms with E-state index in [1.54, 1.807) is 0 Å². The molecule has 5 nitrogen and oxygen atoms in total. The Morgan fingerprint density at radius 3 is 2.52 bits per heavy atom. The molecule has 1 N–H and O–H groups in total. The van der Waals surface area contributed by atoms with Crippen LogP contribution in [0.5, 0.6) is 0 Å². The lowest BCUT2D eigenvalue weighted by atomic mass is 10.1. The molecule has 2 rings (SSSR count). The zero-order valence-electron chi connectivity index (χ0n) is 12.4. The number of hydrogen-bond donors (Lipinski definition) is 1. The summed E-state index contributed by atoms with van der Waals surface area (Å²) in [6.07, 6.45) is 1.39. The molecule has 1 fully saturated rings. The predicted octanol–water partition coefficient (Wildman–Crippen LogP) is 2.17. The van der Waals surface area contributed by atoms with Gasteiger partial charge in [0.1, 0.15) is 0 Å². The second-order valence-electron chi connectivity index (χ2n) is 5.41. The molecular formula is C16H20N2O3. The van der Waals surface area contributed by atoms with Crippen LogP contribution in [0.4, 0.5) is 5.69 Å². The highest BCUT2D eigenvalue weighted by Gasteiger charge is 2.28. The quantitative estimate of drug-likeness (QED) is 0.844. The van der Waals surface area contributed by atoms with Crippen molar-refractivity contribution in [3.05, 3.63) is 29.3 Å². The minimum Gasteiger partial charge on any atom is -0.326 e. The van der Waals surface area contributed by atoms with Gasteiger partial charge in [-0.15, -0.1) is 0 Å². The van der Waals surface area contributed by atoms with Gasteiger partial charge >= 0.3 is 0 Å². The molecule has 0 radical (unpaired) electrons. The van der Waals surface area contributed by atoms with Crippen LogP contribution in [-0.4, -0.2) is 29.2 Å². The molecule has 0 saturated carbocycles. The molecule has 1 aromatic rings. The summed E-state index contributed by atoms with van der Waals surface area (Å²) in [5.41, 5.74) is 2.91. The Kier molecular flexibility index (Phi) is 4.73. The molecule has 3 amide bonds. The molecule has 0 unspecified atom stereocenters. The van der Waals surface area contributed by atoms with Gasteiger partial charge in [0.05, 0.1) is 0 Å². The number of benzene rings is 1. The highest BCUT2D eigenvalue weighted by Crippen LogP contribution is 2.17. The van der Waals surface area contributed by atoms with Crippen LogP contribution >= 0.6 is 0 Å². The average Bonchev–Trinajstić information content (AvgIpc) is 2.74. The number of anilines is 1. The number of nitrogens with one attached hydrogen (secondary N) is 1. The molecule has 1 aromatic carbocycles. The van der Waals surface area contributed by atoms with Crippen molar-refractivity contribution in [2.45, 2.75) is 39.5 Å². The number of carbonyl (C=O) groups is 3.